The van der Waals surface area contributed by atoms with Gasteiger partial charge in [0.1, 0.15) is 0 Å². The highest BCUT2D eigenvalue weighted by molar-refractivity contribution is 6.16. The molecule has 3 heteroatoms. The van der Waals surface area contributed by atoms with Crippen molar-refractivity contribution in [2.24, 2.45) is 0 Å². The van der Waals surface area contributed by atoms with E-state index in [2.05, 4.69) is 0 Å². The summed E-state index contributed by atoms with van der Waals surface area (Å²) in [6, 6.07) is 16.2. The summed E-state index contributed by atoms with van der Waals surface area (Å²) in [5, 5.41) is 1.61. The zero-order valence-corrected chi connectivity index (χ0v) is 10.4. The van der Waals surface area contributed by atoms with E-state index in [1.807, 2.05) is 18.2 Å². The average molecular weight is 268 g/mol. The van der Waals surface area contributed by atoms with Crippen LogP contribution in [0.15, 0.2) is 60.7 Å². The Bertz CT molecular complexity index is 804. The summed E-state index contributed by atoms with van der Waals surface area (Å²) in [5.41, 5.74) is 0.119. The van der Waals surface area contributed by atoms with Gasteiger partial charge in [-0.15, -0.1) is 0 Å². The lowest BCUT2D eigenvalue weighted by atomic mass is 9.97. The van der Waals surface area contributed by atoms with E-state index < -0.39 is 17.4 Å². The summed E-state index contributed by atoms with van der Waals surface area (Å²) in [4.78, 5) is 12.4. The van der Waals surface area contributed by atoms with Crippen LogP contribution in [0.4, 0.5) is 8.78 Å². The third-order valence-corrected chi connectivity index (χ3v) is 3.23. The summed E-state index contributed by atoms with van der Waals surface area (Å²) in [6.07, 6.45) is 0. The van der Waals surface area contributed by atoms with Gasteiger partial charge in [-0.3, -0.25) is 4.79 Å². The van der Waals surface area contributed by atoms with Gasteiger partial charge in [0.25, 0.3) is 0 Å². The molecule has 0 heterocycles. The first-order chi connectivity index (χ1) is 9.68. The standard InChI is InChI=1S/C17H10F2O/c18-15-10-4-9-14(16(15)19)17(20)13-8-3-6-11-5-1-2-7-12(11)13/h1-10H. The fourth-order valence-corrected chi connectivity index (χ4v) is 2.25. The van der Waals surface area contributed by atoms with E-state index >= 15 is 0 Å². The molecule has 0 radical (unpaired) electrons. The molecule has 0 fully saturated rings. The van der Waals surface area contributed by atoms with Gasteiger partial charge in [-0.25, -0.2) is 8.78 Å². The predicted octanol–water partition coefficient (Wildman–Crippen LogP) is 4.35. The molecule has 0 amide bonds. The number of rotatable bonds is 2. The highest BCUT2D eigenvalue weighted by atomic mass is 19.2. The number of carbonyl (C=O) groups is 1. The molecule has 3 aromatic carbocycles. The quantitative estimate of drug-likeness (QED) is 0.631. The van der Waals surface area contributed by atoms with E-state index in [4.69, 9.17) is 0 Å². The first-order valence-electron chi connectivity index (χ1n) is 6.15. The van der Waals surface area contributed by atoms with Crippen LogP contribution < -0.4 is 0 Å². The van der Waals surface area contributed by atoms with Gasteiger partial charge in [0.05, 0.1) is 5.56 Å². The SMILES string of the molecule is O=C(c1cccc(F)c1F)c1cccc2ccccc12. The number of carbonyl (C=O) groups excluding carboxylic acids is 1. The van der Waals surface area contributed by atoms with Gasteiger partial charge in [-0.2, -0.15) is 0 Å². The van der Waals surface area contributed by atoms with Crippen LogP contribution in [0.3, 0.4) is 0 Å². The van der Waals surface area contributed by atoms with Crippen molar-refractivity contribution in [2.45, 2.75) is 0 Å². The van der Waals surface area contributed by atoms with Crippen molar-refractivity contribution in [3.8, 4) is 0 Å². The van der Waals surface area contributed by atoms with Crippen LogP contribution >= 0.6 is 0 Å². The summed E-state index contributed by atoms with van der Waals surface area (Å²) in [5.74, 6) is -2.64. The van der Waals surface area contributed by atoms with E-state index in [-0.39, 0.29) is 5.56 Å². The molecule has 0 aliphatic rings. The first kappa shape index (κ1) is 12.5. The average Bonchev–Trinajstić information content (AvgIpc) is 2.49. The Morgan fingerprint density at radius 2 is 1.40 bits per heavy atom. The van der Waals surface area contributed by atoms with Crippen LogP contribution in [-0.4, -0.2) is 5.78 Å². The maximum Gasteiger partial charge on any atom is 0.196 e. The van der Waals surface area contributed by atoms with Crippen LogP contribution in [0.1, 0.15) is 15.9 Å². The zero-order valence-electron chi connectivity index (χ0n) is 10.4. The van der Waals surface area contributed by atoms with E-state index in [0.717, 1.165) is 16.8 Å². The van der Waals surface area contributed by atoms with Crippen LogP contribution in [-0.2, 0) is 0 Å². The Kier molecular flexibility index (Phi) is 3.03. The molecule has 0 saturated heterocycles. The largest absolute Gasteiger partial charge is 0.288 e. The smallest absolute Gasteiger partial charge is 0.196 e. The Hall–Kier alpha value is -2.55. The van der Waals surface area contributed by atoms with Crippen molar-refractivity contribution in [1.29, 1.82) is 0 Å². The third kappa shape index (κ3) is 1.97. The Morgan fingerprint density at radius 1 is 0.750 bits per heavy atom. The van der Waals surface area contributed by atoms with Crippen molar-refractivity contribution < 1.29 is 13.6 Å². The molecule has 98 valence electrons. The lowest BCUT2D eigenvalue weighted by Gasteiger charge is -2.07. The molecule has 0 bridgehead atoms. The molecular formula is C17H10F2O. The Balaban J connectivity index is 2.21. The van der Waals surface area contributed by atoms with Gasteiger partial charge in [0.15, 0.2) is 17.4 Å². The molecule has 0 saturated carbocycles. The number of ketones is 1. The van der Waals surface area contributed by atoms with Crippen molar-refractivity contribution in [3.63, 3.8) is 0 Å². The van der Waals surface area contributed by atoms with Gasteiger partial charge < -0.3 is 0 Å². The van der Waals surface area contributed by atoms with Crippen molar-refractivity contribution in [1.82, 2.24) is 0 Å². The van der Waals surface area contributed by atoms with Gasteiger partial charge in [-0.05, 0) is 22.9 Å². The molecule has 0 aliphatic heterocycles. The molecule has 20 heavy (non-hydrogen) atoms. The third-order valence-electron chi connectivity index (χ3n) is 3.23. The van der Waals surface area contributed by atoms with Crippen molar-refractivity contribution in [3.05, 3.63) is 83.4 Å². The number of hydrogen-bond acceptors (Lipinski definition) is 1. The lowest BCUT2D eigenvalue weighted by Crippen LogP contribution is -2.06. The minimum atomic E-state index is -1.11. The van der Waals surface area contributed by atoms with Crippen molar-refractivity contribution in [2.75, 3.05) is 0 Å². The number of hydrogen-bond donors (Lipinski definition) is 0. The summed E-state index contributed by atoms with van der Waals surface area (Å²) in [6.45, 7) is 0. The molecule has 0 aliphatic carbocycles. The minimum absolute atomic E-state index is 0.249. The van der Waals surface area contributed by atoms with E-state index in [9.17, 15) is 13.6 Å². The summed E-state index contributed by atoms with van der Waals surface area (Å²) < 4.78 is 27.0. The molecule has 3 aromatic rings. The van der Waals surface area contributed by atoms with Crippen LogP contribution in [0.25, 0.3) is 10.8 Å². The summed E-state index contributed by atoms with van der Waals surface area (Å²) >= 11 is 0. The monoisotopic (exact) mass is 268 g/mol. The van der Waals surface area contributed by atoms with E-state index in [1.165, 1.54) is 12.1 Å². The van der Waals surface area contributed by atoms with Crippen LogP contribution in [0.5, 0.6) is 0 Å². The highest BCUT2D eigenvalue weighted by Gasteiger charge is 2.18. The normalized spacial score (nSPS) is 10.7. The molecule has 0 spiro atoms. The Labute approximate surface area is 114 Å². The van der Waals surface area contributed by atoms with Crippen LogP contribution in [0.2, 0.25) is 0 Å². The topological polar surface area (TPSA) is 17.1 Å². The summed E-state index contributed by atoms with van der Waals surface area (Å²) in [7, 11) is 0. The molecule has 0 atom stereocenters. The maximum absolute atomic E-state index is 13.7. The van der Waals surface area contributed by atoms with Gasteiger partial charge in [0, 0.05) is 5.56 Å². The van der Waals surface area contributed by atoms with Gasteiger partial charge in [-0.1, -0.05) is 48.5 Å². The van der Waals surface area contributed by atoms with Crippen molar-refractivity contribution >= 4 is 16.6 Å². The van der Waals surface area contributed by atoms with Crippen LogP contribution in [0, 0.1) is 11.6 Å². The molecule has 3 rings (SSSR count). The number of benzene rings is 3. The second-order valence-corrected chi connectivity index (χ2v) is 4.46. The van der Waals surface area contributed by atoms with Gasteiger partial charge in [0.2, 0.25) is 0 Å². The fourth-order valence-electron chi connectivity index (χ4n) is 2.25. The molecular weight excluding hydrogens is 258 g/mol. The fraction of sp³-hybridized carbons (Fsp3) is 0. The number of fused-ring (bicyclic) bond motifs is 1. The Morgan fingerprint density at radius 3 is 2.25 bits per heavy atom. The molecule has 0 N–H and O–H groups in total. The predicted molar refractivity (Wildman–Crippen MR) is 73.7 cm³/mol. The second-order valence-electron chi connectivity index (χ2n) is 4.46. The number of halogens is 2. The molecule has 1 nitrogen and oxygen atoms in total. The second kappa shape index (κ2) is 4.85. The minimum Gasteiger partial charge on any atom is -0.288 e. The maximum atomic E-state index is 13.7. The van der Waals surface area contributed by atoms with E-state index in [0.29, 0.717) is 5.56 Å². The van der Waals surface area contributed by atoms with E-state index in [1.54, 1.807) is 24.3 Å². The molecule has 0 unspecified atom stereocenters. The van der Waals surface area contributed by atoms with Gasteiger partial charge >= 0.3 is 0 Å². The first-order valence-corrected chi connectivity index (χ1v) is 6.15. The lowest BCUT2D eigenvalue weighted by molar-refractivity contribution is 0.103. The molecule has 0 aromatic heterocycles. The zero-order chi connectivity index (χ0) is 14.1. The highest BCUT2D eigenvalue weighted by Crippen LogP contribution is 2.23.